The predicted octanol–water partition coefficient (Wildman–Crippen LogP) is 12.7. The summed E-state index contributed by atoms with van der Waals surface area (Å²) in [6, 6.07) is 62.9. The van der Waals surface area contributed by atoms with Crippen molar-refractivity contribution in [2.75, 3.05) is 4.90 Å². The van der Waals surface area contributed by atoms with Crippen LogP contribution in [0.3, 0.4) is 0 Å². The quantitative estimate of drug-likeness (QED) is 0.199. The molecule has 216 valence electrons. The molecule has 0 amide bonds. The van der Waals surface area contributed by atoms with Crippen LogP contribution in [0.2, 0.25) is 0 Å². The van der Waals surface area contributed by atoms with Gasteiger partial charge in [-0.25, -0.2) is 0 Å². The maximum absolute atomic E-state index is 6.33. The SMILES string of the molecule is c1ccc(-c2ccc(N(c3ccc4ccc(-c5ccc6ccccc6c5)cc4c3)c3ccc4c(c3)oc3ccccc34)cc2)cc1. The lowest BCUT2D eigenvalue weighted by atomic mass is 9.98. The second kappa shape index (κ2) is 10.8. The molecule has 0 unspecified atom stereocenters. The fourth-order valence-corrected chi connectivity index (χ4v) is 6.66. The summed E-state index contributed by atoms with van der Waals surface area (Å²) in [7, 11) is 0. The van der Waals surface area contributed by atoms with Gasteiger partial charge in [0.1, 0.15) is 11.2 Å². The van der Waals surface area contributed by atoms with E-state index in [1.165, 1.54) is 43.8 Å². The summed E-state index contributed by atoms with van der Waals surface area (Å²) in [6.45, 7) is 0. The lowest BCUT2D eigenvalue weighted by molar-refractivity contribution is 0.669. The first kappa shape index (κ1) is 26.3. The Bertz CT molecular complexity index is 2530. The molecule has 9 rings (SSSR count). The number of fused-ring (bicyclic) bond motifs is 5. The molecule has 0 saturated carbocycles. The normalized spacial score (nSPS) is 11.5. The molecule has 0 spiro atoms. The highest BCUT2D eigenvalue weighted by Gasteiger charge is 2.16. The van der Waals surface area contributed by atoms with Gasteiger partial charge < -0.3 is 9.32 Å². The van der Waals surface area contributed by atoms with Gasteiger partial charge in [0.05, 0.1) is 0 Å². The Kier molecular flexibility index (Phi) is 6.17. The third kappa shape index (κ3) is 4.60. The standard InChI is InChI=1S/C44H29NO/c1-2-8-30(9-3-1)32-18-21-38(22-19-32)45(40-24-25-42-41-12-6-7-13-43(41)46-44(42)29-40)39-23-20-33-15-17-36(27-37(33)28-39)35-16-14-31-10-4-5-11-34(31)26-35/h1-29H. The van der Waals surface area contributed by atoms with Gasteiger partial charge in [0, 0.05) is 33.9 Å². The fraction of sp³-hybridized carbons (Fsp3) is 0. The molecule has 0 N–H and O–H groups in total. The third-order valence-electron chi connectivity index (χ3n) is 9.02. The van der Waals surface area contributed by atoms with E-state index in [2.05, 4.69) is 169 Å². The van der Waals surface area contributed by atoms with Gasteiger partial charge in [0.2, 0.25) is 0 Å². The number of hydrogen-bond donors (Lipinski definition) is 0. The molecule has 2 heteroatoms. The fourth-order valence-electron chi connectivity index (χ4n) is 6.66. The Morgan fingerprint density at radius 3 is 1.67 bits per heavy atom. The van der Waals surface area contributed by atoms with Crippen LogP contribution >= 0.6 is 0 Å². The van der Waals surface area contributed by atoms with Crippen molar-refractivity contribution in [3.63, 3.8) is 0 Å². The minimum atomic E-state index is 0.879. The molecule has 0 fully saturated rings. The van der Waals surface area contributed by atoms with Gasteiger partial charge in [0.25, 0.3) is 0 Å². The highest BCUT2D eigenvalue weighted by Crippen LogP contribution is 2.40. The van der Waals surface area contributed by atoms with E-state index in [1.54, 1.807) is 0 Å². The minimum Gasteiger partial charge on any atom is -0.456 e. The van der Waals surface area contributed by atoms with Gasteiger partial charge in [-0.15, -0.1) is 0 Å². The molecule has 46 heavy (non-hydrogen) atoms. The van der Waals surface area contributed by atoms with E-state index < -0.39 is 0 Å². The van der Waals surface area contributed by atoms with Crippen LogP contribution in [-0.4, -0.2) is 0 Å². The van der Waals surface area contributed by atoms with Crippen molar-refractivity contribution in [1.82, 2.24) is 0 Å². The molecule has 1 heterocycles. The van der Waals surface area contributed by atoms with Crippen LogP contribution in [0.15, 0.2) is 180 Å². The number of nitrogens with zero attached hydrogens (tertiary/aromatic N) is 1. The van der Waals surface area contributed by atoms with Crippen LogP contribution in [0.25, 0.3) is 65.7 Å². The van der Waals surface area contributed by atoms with Crippen LogP contribution in [-0.2, 0) is 0 Å². The maximum Gasteiger partial charge on any atom is 0.137 e. The van der Waals surface area contributed by atoms with Crippen molar-refractivity contribution in [3.8, 4) is 22.3 Å². The zero-order valence-electron chi connectivity index (χ0n) is 25.1. The van der Waals surface area contributed by atoms with Crippen LogP contribution in [0, 0.1) is 0 Å². The van der Waals surface area contributed by atoms with E-state index in [4.69, 9.17) is 4.42 Å². The molecule has 2 nitrogen and oxygen atoms in total. The Morgan fingerprint density at radius 2 is 0.848 bits per heavy atom. The van der Waals surface area contributed by atoms with Crippen molar-refractivity contribution in [2.45, 2.75) is 0 Å². The van der Waals surface area contributed by atoms with Crippen molar-refractivity contribution in [1.29, 1.82) is 0 Å². The van der Waals surface area contributed by atoms with Crippen molar-refractivity contribution in [2.24, 2.45) is 0 Å². The number of rotatable bonds is 5. The van der Waals surface area contributed by atoms with E-state index in [9.17, 15) is 0 Å². The molecule has 0 aliphatic heterocycles. The van der Waals surface area contributed by atoms with E-state index in [1.807, 2.05) is 12.1 Å². The second-order valence-corrected chi connectivity index (χ2v) is 11.8. The summed E-state index contributed by atoms with van der Waals surface area (Å²) in [5, 5.41) is 7.16. The number of furan rings is 1. The van der Waals surface area contributed by atoms with Gasteiger partial charge in [0.15, 0.2) is 0 Å². The van der Waals surface area contributed by atoms with Gasteiger partial charge in [-0.3, -0.25) is 0 Å². The number of para-hydroxylation sites is 1. The smallest absolute Gasteiger partial charge is 0.137 e. The van der Waals surface area contributed by atoms with Gasteiger partial charge in [-0.05, 0) is 98.4 Å². The first-order valence-corrected chi connectivity index (χ1v) is 15.7. The Labute approximate surface area is 267 Å². The molecule has 9 aromatic rings. The summed E-state index contributed by atoms with van der Waals surface area (Å²) in [6.07, 6.45) is 0. The Morgan fingerprint density at radius 1 is 0.304 bits per heavy atom. The lowest BCUT2D eigenvalue weighted by Gasteiger charge is -2.26. The zero-order chi connectivity index (χ0) is 30.5. The summed E-state index contributed by atoms with van der Waals surface area (Å²) in [4.78, 5) is 2.32. The van der Waals surface area contributed by atoms with E-state index >= 15 is 0 Å². The number of anilines is 3. The predicted molar refractivity (Wildman–Crippen MR) is 194 cm³/mol. The van der Waals surface area contributed by atoms with Crippen molar-refractivity contribution in [3.05, 3.63) is 176 Å². The molecule has 0 aliphatic rings. The van der Waals surface area contributed by atoms with Crippen LogP contribution in [0.4, 0.5) is 17.1 Å². The average molecular weight is 588 g/mol. The molecule has 0 aliphatic carbocycles. The number of benzene rings is 8. The topological polar surface area (TPSA) is 16.4 Å². The molecule has 0 bridgehead atoms. The maximum atomic E-state index is 6.33. The Hall–Kier alpha value is -6.12. The summed E-state index contributed by atoms with van der Waals surface area (Å²) >= 11 is 0. The third-order valence-corrected chi connectivity index (χ3v) is 9.02. The average Bonchev–Trinajstić information content (AvgIpc) is 3.50. The first-order chi connectivity index (χ1) is 22.8. The molecule has 0 atom stereocenters. The second-order valence-electron chi connectivity index (χ2n) is 11.8. The summed E-state index contributed by atoms with van der Waals surface area (Å²) in [5.74, 6) is 0. The monoisotopic (exact) mass is 587 g/mol. The van der Waals surface area contributed by atoms with Gasteiger partial charge in [-0.1, -0.05) is 115 Å². The van der Waals surface area contributed by atoms with Gasteiger partial charge >= 0.3 is 0 Å². The molecule has 8 aromatic carbocycles. The first-order valence-electron chi connectivity index (χ1n) is 15.7. The summed E-state index contributed by atoms with van der Waals surface area (Å²) < 4.78 is 6.33. The molecule has 0 saturated heterocycles. The van der Waals surface area contributed by atoms with Crippen molar-refractivity contribution >= 4 is 60.5 Å². The van der Waals surface area contributed by atoms with E-state index in [-0.39, 0.29) is 0 Å². The van der Waals surface area contributed by atoms with Crippen LogP contribution in [0.1, 0.15) is 0 Å². The largest absolute Gasteiger partial charge is 0.456 e. The lowest BCUT2D eigenvalue weighted by Crippen LogP contribution is -2.09. The van der Waals surface area contributed by atoms with Crippen molar-refractivity contribution < 1.29 is 4.42 Å². The van der Waals surface area contributed by atoms with E-state index in [0.717, 1.165) is 39.0 Å². The Balaban J connectivity index is 1.18. The number of hydrogen-bond acceptors (Lipinski definition) is 2. The summed E-state index contributed by atoms with van der Waals surface area (Å²) in [5.41, 5.74) is 9.82. The van der Waals surface area contributed by atoms with Crippen LogP contribution < -0.4 is 4.90 Å². The zero-order valence-corrected chi connectivity index (χ0v) is 25.1. The molecule has 1 aromatic heterocycles. The molecular formula is C44H29NO. The highest BCUT2D eigenvalue weighted by atomic mass is 16.3. The molecule has 0 radical (unpaired) electrons. The van der Waals surface area contributed by atoms with Crippen LogP contribution in [0.5, 0.6) is 0 Å². The molecular weight excluding hydrogens is 558 g/mol. The van der Waals surface area contributed by atoms with Gasteiger partial charge in [-0.2, -0.15) is 0 Å². The highest BCUT2D eigenvalue weighted by molar-refractivity contribution is 6.06. The van der Waals surface area contributed by atoms with E-state index in [0.29, 0.717) is 0 Å². The minimum absolute atomic E-state index is 0.879.